The lowest BCUT2D eigenvalue weighted by Gasteiger charge is -2.19. The molecule has 21 heavy (non-hydrogen) atoms. The molecular formula is C14H16N2O5. The second-order valence-electron chi connectivity index (χ2n) is 4.36. The summed E-state index contributed by atoms with van der Waals surface area (Å²) < 4.78 is 0. The highest BCUT2D eigenvalue weighted by Crippen LogP contribution is 2.30. The van der Waals surface area contributed by atoms with E-state index >= 15 is 0 Å². The molecule has 0 saturated carbocycles. The van der Waals surface area contributed by atoms with E-state index in [9.17, 15) is 14.4 Å². The Morgan fingerprint density at radius 3 is 2.33 bits per heavy atom. The van der Waals surface area contributed by atoms with Gasteiger partial charge in [-0.15, -0.1) is 0 Å². The van der Waals surface area contributed by atoms with Crippen molar-refractivity contribution >= 4 is 17.8 Å². The minimum atomic E-state index is -1.26. The molecule has 1 aromatic heterocycles. The van der Waals surface area contributed by atoms with E-state index in [1.807, 2.05) is 25.4 Å². The predicted molar refractivity (Wildman–Crippen MR) is 73.4 cm³/mol. The van der Waals surface area contributed by atoms with Crippen LogP contribution in [0, 0.1) is 0 Å². The second-order valence-corrected chi connectivity index (χ2v) is 4.36. The highest BCUT2D eigenvalue weighted by molar-refractivity contribution is 5.89. The van der Waals surface area contributed by atoms with Gasteiger partial charge in [0.1, 0.15) is 0 Å². The molecule has 0 bridgehead atoms. The monoisotopic (exact) mass is 292 g/mol. The molecule has 0 unspecified atom stereocenters. The van der Waals surface area contributed by atoms with Crippen LogP contribution >= 0.6 is 0 Å². The number of carbonyl (C=O) groups is 3. The van der Waals surface area contributed by atoms with Gasteiger partial charge in [-0.05, 0) is 18.1 Å². The molecule has 0 aromatic carbocycles. The molecule has 1 saturated heterocycles. The van der Waals surface area contributed by atoms with Crippen molar-refractivity contribution in [1.29, 1.82) is 0 Å². The fourth-order valence-corrected chi connectivity index (χ4v) is 1.91. The number of carboxylic acids is 2. The molecular weight excluding hydrogens is 276 g/mol. The Morgan fingerprint density at radius 2 is 1.95 bits per heavy atom. The van der Waals surface area contributed by atoms with Gasteiger partial charge < -0.3 is 15.1 Å². The average Bonchev–Trinajstić information content (AvgIpc) is 2.78. The molecule has 0 spiro atoms. The standard InChI is InChI=1S/C10H12N2O.C4H4O4/c1-12-9(4-5-10(12)13)8-3-2-6-11-7-8;5-3(6)1-2-4(7)8/h2-3,6-7,9H,4-5H2,1H3;1-2H,(H,5,6)(H,7,8)/b;2-1+/t9-;/m0./s1. The third kappa shape index (κ3) is 5.43. The fraction of sp³-hybridized carbons (Fsp3) is 0.286. The van der Waals surface area contributed by atoms with Crippen molar-refractivity contribution in [3.8, 4) is 0 Å². The number of amides is 1. The Kier molecular flexibility index (Phi) is 6.06. The van der Waals surface area contributed by atoms with Crippen LogP contribution in [0.1, 0.15) is 24.4 Å². The number of hydrogen-bond acceptors (Lipinski definition) is 4. The summed E-state index contributed by atoms with van der Waals surface area (Å²) in [5, 5.41) is 15.6. The van der Waals surface area contributed by atoms with Crippen molar-refractivity contribution in [2.75, 3.05) is 7.05 Å². The van der Waals surface area contributed by atoms with Gasteiger partial charge in [0.05, 0.1) is 6.04 Å². The number of rotatable bonds is 3. The summed E-state index contributed by atoms with van der Waals surface area (Å²) in [5.74, 6) is -2.28. The van der Waals surface area contributed by atoms with E-state index in [2.05, 4.69) is 4.98 Å². The van der Waals surface area contributed by atoms with E-state index in [4.69, 9.17) is 10.2 Å². The highest BCUT2D eigenvalue weighted by atomic mass is 16.4. The summed E-state index contributed by atoms with van der Waals surface area (Å²) in [7, 11) is 1.85. The first kappa shape index (κ1) is 16.4. The zero-order chi connectivity index (χ0) is 15.8. The van der Waals surface area contributed by atoms with Crippen molar-refractivity contribution < 1.29 is 24.6 Å². The molecule has 0 radical (unpaired) electrons. The summed E-state index contributed by atoms with van der Waals surface area (Å²) in [6.45, 7) is 0. The molecule has 1 aliphatic rings. The van der Waals surface area contributed by atoms with Gasteiger partial charge in [-0.1, -0.05) is 6.07 Å². The maximum Gasteiger partial charge on any atom is 0.328 e. The van der Waals surface area contributed by atoms with Crippen LogP contribution in [0.25, 0.3) is 0 Å². The summed E-state index contributed by atoms with van der Waals surface area (Å²) in [4.78, 5) is 36.2. The van der Waals surface area contributed by atoms with Gasteiger partial charge in [0.15, 0.2) is 0 Å². The van der Waals surface area contributed by atoms with Crippen molar-refractivity contribution in [2.24, 2.45) is 0 Å². The van der Waals surface area contributed by atoms with E-state index in [1.54, 1.807) is 11.1 Å². The summed E-state index contributed by atoms with van der Waals surface area (Å²) in [6, 6.07) is 4.17. The average molecular weight is 292 g/mol. The molecule has 2 N–H and O–H groups in total. The van der Waals surface area contributed by atoms with Gasteiger partial charge in [-0.2, -0.15) is 0 Å². The zero-order valence-corrected chi connectivity index (χ0v) is 11.5. The van der Waals surface area contributed by atoms with Crippen molar-refractivity contribution in [2.45, 2.75) is 18.9 Å². The van der Waals surface area contributed by atoms with Crippen LogP contribution in [-0.2, 0) is 14.4 Å². The van der Waals surface area contributed by atoms with E-state index in [0.717, 1.165) is 12.0 Å². The number of carboxylic acid groups (broad SMARTS) is 2. The maximum atomic E-state index is 11.3. The molecule has 1 fully saturated rings. The number of pyridine rings is 1. The lowest BCUT2D eigenvalue weighted by atomic mass is 10.1. The number of likely N-dealkylation sites (tertiary alicyclic amines) is 1. The van der Waals surface area contributed by atoms with Gasteiger partial charge in [0.25, 0.3) is 0 Å². The molecule has 112 valence electrons. The predicted octanol–water partition coefficient (Wildman–Crippen LogP) is 1.09. The fourth-order valence-electron chi connectivity index (χ4n) is 1.91. The second kappa shape index (κ2) is 7.78. The Hall–Kier alpha value is -2.70. The Labute approximate surface area is 121 Å². The molecule has 7 heteroatoms. The largest absolute Gasteiger partial charge is 0.478 e. The lowest BCUT2D eigenvalue weighted by molar-refractivity contribution is -0.134. The minimum Gasteiger partial charge on any atom is -0.478 e. The van der Waals surface area contributed by atoms with Gasteiger partial charge in [-0.25, -0.2) is 9.59 Å². The Bertz CT molecular complexity index is 526. The van der Waals surface area contributed by atoms with Crippen molar-refractivity contribution in [1.82, 2.24) is 9.88 Å². The molecule has 1 amide bonds. The number of aromatic nitrogens is 1. The summed E-state index contributed by atoms with van der Waals surface area (Å²) in [6.07, 6.45) is 6.28. The lowest BCUT2D eigenvalue weighted by Crippen LogP contribution is -2.22. The highest BCUT2D eigenvalue weighted by Gasteiger charge is 2.28. The van der Waals surface area contributed by atoms with Crippen molar-refractivity contribution in [3.63, 3.8) is 0 Å². The van der Waals surface area contributed by atoms with Crippen LogP contribution in [0.3, 0.4) is 0 Å². The van der Waals surface area contributed by atoms with Gasteiger partial charge in [0.2, 0.25) is 5.91 Å². The van der Waals surface area contributed by atoms with E-state index in [1.165, 1.54) is 0 Å². The third-order valence-electron chi connectivity index (χ3n) is 2.93. The first-order valence-corrected chi connectivity index (χ1v) is 6.21. The van der Waals surface area contributed by atoms with Gasteiger partial charge in [0, 0.05) is 38.0 Å². The number of aliphatic carboxylic acids is 2. The van der Waals surface area contributed by atoms with E-state index in [0.29, 0.717) is 18.6 Å². The molecule has 7 nitrogen and oxygen atoms in total. The molecule has 1 atom stereocenters. The summed E-state index contributed by atoms with van der Waals surface area (Å²) >= 11 is 0. The molecule has 1 aromatic rings. The van der Waals surface area contributed by atoms with Crippen LogP contribution in [0.15, 0.2) is 36.7 Å². The normalized spacial score (nSPS) is 17.5. The van der Waals surface area contributed by atoms with Gasteiger partial charge >= 0.3 is 11.9 Å². The topological polar surface area (TPSA) is 108 Å². The molecule has 2 heterocycles. The van der Waals surface area contributed by atoms with E-state index < -0.39 is 11.9 Å². The first-order valence-electron chi connectivity index (χ1n) is 6.21. The van der Waals surface area contributed by atoms with Crippen LogP contribution in [0.5, 0.6) is 0 Å². The number of hydrogen-bond donors (Lipinski definition) is 2. The molecule has 0 aliphatic carbocycles. The zero-order valence-electron chi connectivity index (χ0n) is 11.5. The maximum absolute atomic E-state index is 11.3. The molecule has 2 rings (SSSR count). The van der Waals surface area contributed by atoms with Crippen molar-refractivity contribution in [3.05, 3.63) is 42.2 Å². The quantitative estimate of drug-likeness (QED) is 0.807. The minimum absolute atomic E-state index is 0.230. The first-order chi connectivity index (χ1) is 9.91. The van der Waals surface area contributed by atoms with Crippen LogP contribution in [0.4, 0.5) is 0 Å². The molecule has 1 aliphatic heterocycles. The van der Waals surface area contributed by atoms with Gasteiger partial charge in [-0.3, -0.25) is 9.78 Å². The van der Waals surface area contributed by atoms with Crippen LogP contribution < -0.4 is 0 Å². The third-order valence-corrected chi connectivity index (χ3v) is 2.93. The Morgan fingerprint density at radius 1 is 1.33 bits per heavy atom. The summed E-state index contributed by atoms with van der Waals surface area (Å²) in [5.41, 5.74) is 1.14. The Balaban J connectivity index is 0.000000240. The van der Waals surface area contributed by atoms with Crippen LogP contribution in [-0.4, -0.2) is 45.0 Å². The number of nitrogens with zero attached hydrogens (tertiary/aromatic N) is 2. The van der Waals surface area contributed by atoms with E-state index in [-0.39, 0.29) is 11.9 Å². The SMILES string of the molecule is CN1C(=O)CC[C@H]1c1cccnc1.O=C(O)/C=C/C(=O)O. The smallest absolute Gasteiger partial charge is 0.328 e. The number of carbonyl (C=O) groups excluding carboxylic acids is 1. The van der Waals surface area contributed by atoms with Crippen LogP contribution in [0.2, 0.25) is 0 Å².